The largest absolute Gasteiger partial charge is 0.355 e. The van der Waals surface area contributed by atoms with Crippen LogP contribution in [0.25, 0.3) is 0 Å². The van der Waals surface area contributed by atoms with Crippen molar-refractivity contribution in [2.75, 3.05) is 49.5 Å². The number of amides is 2. The average molecular weight is 396 g/mol. The van der Waals surface area contributed by atoms with E-state index in [2.05, 4.69) is 46.1 Å². The molecule has 1 aromatic heterocycles. The summed E-state index contributed by atoms with van der Waals surface area (Å²) in [6.45, 7) is 10.4. The molecule has 0 unspecified atom stereocenters. The Bertz CT molecular complexity index is 757. The van der Waals surface area contributed by atoms with E-state index in [-0.39, 0.29) is 6.03 Å². The van der Waals surface area contributed by atoms with Crippen LogP contribution in [0.15, 0.2) is 48.7 Å². The molecule has 0 radical (unpaired) electrons. The maximum atomic E-state index is 13.2. The van der Waals surface area contributed by atoms with Crippen molar-refractivity contribution in [1.29, 1.82) is 0 Å². The molecule has 2 aromatic rings. The molecule has 1 saturated heterocycles. The van der Waals surface area contributed by atoms with Crippen molar-refractivity contribution in [3.63, 3.8) is 0 Å². The van der Waals surface area contributed by atoms with Gasteiger partial charge in [-0.05, 0) is 43.6 Å². The summed E-state index contributed by atoms with van der Waals surface area (Å²) in [6.07, 6.45) is 4.15. The van der Waals surface area contributed by atoms with Gasteiger partial charge in [-0.3, -0.25) is 0 Å². The lowest BCUT2D eigenvalue weighted by Gasteiger charge is -2.28. The Hall–Kier alpha value is -2.60. The van der Waals surface area contributed by atoms with Crippen LogP contribution in [0, 0.1) is 0 Å². The summed E-state index contributed by atoms with van der Waals surface area (Å²) in [6, 6.07) is 13.9. The van der Waals surface area contributed by atoms with Crippen LogP contribution in [0.1, 0.15) is 32.3 Å². The van der Waals surface area contributed by atoms with Gasteiger partial charge in [-0.2, -0.15) is 0 Å². The van der Waals surface area contributed by atoms with Gasteiger partial charge in [0.2, 0.25) is 0 Å². The van der Waals surface area contributed by atoms with E-state index in [0.29, 0.717) is 13.1 Å². The molecule has 1 aromatic carbocycles. The standard InChI is InChI=1S/C23H33N5O/c1-3-26(4-2)17-18-28(19-20-11-6-5-7-12-20)23(29)25-21-13-10-14-24-22(21)27-15-8-9-16-27/h5-7,10-14H,3-4,8-9,15-19H2,1-2H3,(H,25,29). The lowest BCUT2D eigenvalue weighted by atomic mass is 10.2. The van der Waals surface area contributed by atoms with Crippen LogP contribution in [0.3, 0.4) is 0 Å². The van der Waals surface area contributed by atoms with Gasteiger partial charge in [0.1, 0.15) is 0 Å². The van der Waals surface area contributed by atoms with E-state index >= 15 is 0 Å². The Morgan fingerprint density at radius 2 is 1.76 bits per heavy atom. The van der Waals surface area contributed by atoms with Crippen LogP contribution in [0.2, 0.25) is 0 Å². The van der Waals surface area contributed by atoms with E-state index in [0.717, 1.165) is 49.8 Å². The van der Waals surface area contributed by atoms with Gasteiger partial charge in [0.15, 0.2) is 5.82 Å². The van der Waals surface area contributed by atoms with Crippen molar-refractivity contribution >= 4 is 17.5 Å². The minimum atomic E-state index is -0.0746. The molecule has 0 bridgehead atoms. The third-order valence-corrected chi connectivity index (χ3v) is 5.52. The molecule has 2 heterocycles. The highest BCUT2D eigenvalue weighted by atomic mass is 16.2. The van der Waals surface area contributed by atoms with Gasteiger partial charge < -0.3 is 20.0 Å². The van der Waals surface area contributed by atoms with Crippen molar-refractivity contribution < 1.29 is 4.79 Å². The van der Waals surface area contributed by atoms with E-state index in [1.807, 2.05) is 35.2 Å². The normalized spacial score (nSPS) is 13.7. The van der Waals surface area contributed by atoms with E-state index in [4.69, 9.17) is 0 Å². The molecule has 0 spiro atoms. The SMILES string of the molecule is CCN(CC)CCN(Cc1ccccc1)C(=O)Nc1cccnc1N1CCCC1. The summed E-state index contributed by atoms with van der Waals surface area (Å²) in [5, 5.41) is 3.13. The van der Waals surface area contributed by atoms with Crippen molar-refractivity contribution in [3.8, 4) is 0 Å². The summed E-state index contributed by atoms with van der Waals surface area (Å²) in [5.74, 6) is 0.877. The number of pyridine rings is 1. The molecule has 1 N–H and O–H groups in total. The quantitative estimate of drug-likeness (QED) is 0.696. The first-order chi connectivity index (χ1) is 14.2. The molecule has 6 nitrogen and oxygen atoms in total. The second-order valence-corrected chi connectivity index (χ2v) is 7.43. The number of benzene rings is 1. The molecular weight excluding hydrogens is 362 g/mol. The molecule has 6 heteroatoms. The summed E-state index contributed by atoms with van der Waals surface area (Å²) in [5.41, 5.74) is 1.92. The van der Waals surface area contributed by atoms with E-state index in [1.54, 1.807) is 6.20 Å². The molecule has 1 aliphatic rings. The first-order valence-electron chi connectivity index (χ1n) is 10.7. The third kappa shape index (κ3) is 5.94. The van der Waals surface area contributed by atoms with Crippen LogP contribution in [-0.2, 0) is 6.54 Å². The van der Waals surface area contributed by atoms with Gasteiger partial charge in [0.05, 0.1) is 5.69 Å². The summed E-state index contributed by atoms with van der Waals surface area (Å²) >= 11 is 0. The molecule has 29 heavy (non-hydrogen) atoms. The Balaban J connectivity index is 1.73. The number of carbonyl (C=O) groups is 1. The lowest BCUT2D eigenvalue weighted by molar-refractivity contribution is 0.194. The molecule has 0 aliphatic carbocycles. The molecule has 0 atom stereocenters. The highest BCUT2D eigenvalue weighted by Gasteiger charge is 2.20. The van der Waals surface area contributed by atoms with Crippen molar-refractivity contribution in [2.45, 2.75) is 33.2 Å². The van der Waals surface area contributed by atoms with Gasteiger partial charge >= 0.3 is 6.03 Å². The zero-order valence-electron chi connectivity index (χ0n) is 17.7. The van der Waals surface area contributed by atoms with Crippen LogP contribution in [-0.4, -0.2) is 60.1 Å². The molecule has 2 amide bonds. The molecule has 0 saturated carbocycles. The highest BCUT2D eigenvalue weighted by Crippen LogP contribution is 2.26. The zero-order valence-corrected chi connectivity index (χ0v) is 17.7. The number of hydrogen-bond acceptors (Lipinski definition) is 4. The fourth-order valence-electron chi connectivity index (χ4n) is 3.73. The monoisotopic (exact) mass is 395 g/mol. The maximum Gasteiger partial charge on any atom is 0.322 e. The molecule has 1 fully saturated rings. The number of hydrogen-bond donors (Lipinski definition) is 1. The van der Waals surface area contributed by atoms with Crippen LogP contribution >= 0.6 is 0 Å². The third-order valence-electron chi connectivity index (χ3n) is 5.52. The summed E-state index contributed by atoms with van der Waals surface area (Å²) in [7, 11) is 0. The van der Waals surface area contributed by atoms with E-state index < -0.39 is 0 Å². The fraction of sp³-hybridized carbons (Fsp3) is 0.478. The minimum absolute atomic E-state index is 0.0746. The number of anilines is 2. The Morgan fingerprint density at radius 3 is 2.45 bits per heavy atom. The van der Waals surface area contributed by atoms with Crippen LogP contribution in [0.4, 0.5) is 16.3 Å². The number of nitrogens with zero attached hydrogens (tertiary/aromatic N) is 4. The number of rotatable bonds is 9. The number of urea groups is 1. The highest BCUT2D eigenvalue weighted by molar-refractivity contribution is 5.92. The van der Waals surface area contributed by atoms with Crippen molar-refractivity contribution in [1.82, 2.24) is 14.8 Å². The van der Waals surface area contributed by atoms with E-state index in [9.17, 15) is 4.79 Å². The lowest BCUT2D eigenvalue weighted by Crippen LogP contribution is -2.40. The van der Waals surface area contributed by atoms with Crippen LogP contribution in [0.5, 0.6) is 0 Å². The minimum Gasteiger partial charge on any atom is -0.355 e. The fourth-order valence-corrected chi connectivity index (χ4v) is 3.73. The smallest absolute Gasteiger partial charge is 0.322 e. The number of likely N-dealkylation sites (N-methyl/N-ethyl adjacent to an activating group) is 1. The van der Waals surface area contributed by atoms with Gasteiger partial charge in [-0.15, -0.1) is 0 Å². The number of carbonyl (C=O) groups excluding carboxylic acids is 1. The van der Waals surface area contributed by atoms with Gasteiger partial charge in [0, 0.05) is 38.9 Å². The van der Waals surface area contributed by atoms with Gasteiger partial charge in [-0.25, -0.2) is 9.78 Å². The maximum absolute atomic E-state index is 13.2. The second kappa shape index (κ2) is 10.8. The Labute approximate surface area is 174 Å². The van der Waals surface area contributed by atoms with Crippen LogP contribution < -0.4 is 10.2 Å². The zero-order chi connectivity index (χ0) is 20.5. The molecule has 3 rings (SSSR count). The Kier molecular flexibility index (Phi) is 7.87. The number of aromatic nitrogens is 1. The van der Waals surface area contributed by atoms with E-state index in [1.165, 1.54) is 12.8 Å². The first-order valence-corrected chi connectivity index (χ1v) is 10.7. The molecule has 156 valence electrons. The van der Waals surface area contributed by atoms with Crippen molar-refractivity contribution in [2.24, 2.45) is 0 Å². The number of nitrogens with one attached hydrogen (secondary N) is 1. The second-order valence-electron chi connectivity index (χ2n) is 7.43. The summed E-state index contributed by atoms with van der Waals surface area (Å²) in [4.78, 5) is 24.3. The average Bonchev–Trinajstić information content (AvgIpc) is 3.29. The van der Waals surface area contributed by atoms with Crippen molar-refractivity contribution in [3.05, 3.63) is 54.2 Å². The predicted octanol–water partition coefficient (Wildman–Crippen LogP) is 4.06. The van der Waals surface area contributed by atoms with Gasteiger partial charge in [0.25, 0.3) is 0 Å². The predicted molar refractivity (Wildman–Crippen MR) is 119 cm³/mol. The summed E-state index contributed by atoms with van der Waals surface area (Å²) < 4.78 is 0. The topological polar surface area (TPSA) is 51.7 Å². The molecule has 1 aliphatic heterocycles. The first kappa shape index (κ1) is 21.1. The molecular formula is C23H33N5O. The van der Waals surface area contributed by atoms with Gasteiger partial charge in [-0.1, -0.05) is 44.2 Å². The Morgan fingerprint density at radius 1 is 1.03 bits per heavy atom.